The Morgan fingerprint density at radius 1 is 0.871 bits per heavy atom. The fraction of sp³-hybridized carbons (Fsp3) is 0.333. The smallest absolute Gasteiger partial charge is 0.407 e. The van der Waals surface area contributed by atoms with E-state index >= 15 is 0 Å². The Labute approximate surface area is 183 Å². The zero-order valence-electron chi connectivity index (χ0n) is 17.9. The van der Waals surface area contributed by atoms with Gasteiger partial charge in [0.2, 0.25) is 0 Å². The summed E-state index contributed by atoms with van der Waals surface area (Å²) in [7, 11) is -4.79. The summed E-state index contributed by atoms with van der Waals surface area (Å²) in [5.41, 5.74) is 3.06. The molecule has 31 heavy (non-hydrogen) atoms. The van der Waals surface area contributed by atoms with Crippen LogP contribution in [0.25, 0.3) is 0 Å². The molecule has 0 amide bonds. The van der Waals surface area contributed by atoms with Gasteiger partial charge in [-0.25, -0.2) is 17.3 Å². The molecule has 2 aromatic carbocycles. The summed E-state index contributed by atoms with van der Waals surface area (Å²) in [4.78, 5) is 0.0127. The van der Waals surface area contributed by atoms with Crippen molar-refractivity contribution in [1.29, 1.82) is 0 Å². The second kappa shape index (κ2) is 11.2. The number of hydrogen-bond donors (Lipinski definition) is 0. The number of rotatable bonds is 10. The van der Waals surface area contributed by atoms with Crippen LogP contribution in [0, 0.1) is 11.7 Å². The molecule has 0 aliphatic rings. The zero-order valence-corrected chi connectivity index (χ0v) is 19.6. The van der Waals surface area contributed by atoms with E-state index in [1.165, 1.54) is 31.4 Å². The molecule has 0 bridgehead atoms. The fourth-order valence-electron chi connectivity index (χ4n) is 2.52. The van der Waals surface area contributed by atoms with Crippen molar-refractivity contribution in [3.05, 3.63) is 54.1 Å². The minimum absolute atomic E-state index is 0.0127. The normalized spacial score (nSPS) is 11.4. The number of hydrogen-bond acceptors (Lipinski definition) is 7. The highest BCUT2D eigenvalue weighted by atomic mass is 32.2. The van der Waals surface area contributed by atoms with Gasteiger partial charge >= 0.3 is 7.60 Å². The van der Waals surface area contributed by atoms with Gasteiger partial charge in [-0.3, -0.25) is 9.05 Å². The molecular weight excluding hydrogens is 441 g/mol. The van der Waals surface area contributed by atoms with E-state index in [-0.39, 0.29) is 24.7 Å². The van der Waals surface area contributed by atoms with Crippen molar-refractivity contribution in [1.82, 2.24) is 4.31 Å². The lowest BCUT2D eigenvalue weighted by Gasteiger charge is -2.19. The van der Waals surface area contributed by atoms with E-state index in [9.17, 15) is 13.0 Å². The topological polar surface area (TPSA) is 91.4 Å². The highest BCUT2D eigenvalue weighted by Gasteiger charge is 2.25. The van der Waals surface area contributed by atoms with Crippen molar-refractivity contribution in [3.63, 3.8) is 0 Å². The SMILES string of the molecule is CCOP(=O)(C#CN(Cc1ccc(OC)cc1)S(=O)(=O)c1ccc(OC)cc1)OCC. The molecule has 0 fully saturated rings. The number of sulfonamides is 1. The first kappa shape index (κ1) is 24.8. The lowest BCUT2D eigenvalue weighted by atomic mass is 10.2. The van der Waals surface area contributed by atoms with Gasteiger partial charge in [0, 0.05) is 11.7 Å². The van der Waals surface area contributed by atoms with Crippen LogP contribution in [0.2, 0.25) is 0 Å². The van der Waals surface area contributed by atoms with Crippen LogP contribution in [0.15, 0.2) is 53.4 Å². The maximum Gasteiger partial charge on any atom is 0.407 e. The minimum Gasteiger partial charge on any atom is -0.497 e. The molecular formula is C21H26NO7PS. The van der Waals surface area contributed by atoms with Crippen LogP contribution >= 0.6 is 7.60 Å². The summed E-state index contributed by atoms with van der Waals surface area (Å²) in [5, 5.41) is 0. The molecule has 168 valence electrons. The second-order valence-corrected chi connectivity index (χ2v) is 9.69. The highest BCUT2D eigenvalue weighted by Crippen LogP contribution is 2.46. The van der Waals surface area contributed by atoms with Crippen LogP contribution in [0.1, 0.15) is 19.4 Å². The molecule has 0 aromatic heterocycles. The number of nitrogens with zero attached hydrogens (tertiary/aromatic N) is 1. The van der Waals surface area contributed by atoms with Crippen molar-refractivity contribution in [2.75, 3.05) is 27.4 Å². The molecule has 0 unspecified atom stereocenters. The van der Waals surface area contributed by atoms with Crippen molar-refractivity contribution in [2.24, 2.45) is 0 Å². The average molecular weight is 467 g/mol. The molecule has 0 aliphatic carbocycles. The Hall–Kier alpha value is -2.50. The molecule has 8 nitrogen and oxygen atoms in total. The van der Waals surface area contributed by atoms with E-state index in [1.54, 1.807) is 45.2 Å². The molecule has 0 heterocycles. The van der Waals surface area contributed by atoms with Crippen molar-refractivity contribution >= 4 is 17.6 Å². The Morgan fingerprint density at radius 2 is 1.35 bits per heavy atom. The summed E-state index contributed by atoms with van der Waals surface area (Å²) in [6.07, 6.45) is 0. The van der Waals surface area contributed by atoms with Gasteiger partial charge in [0.05, 0.1) is 38.9 Å². The first-order valence-electron chi connectivity index (χ1n) is 9.49. The maximum atomic E-state index is 13.3. The molecule has 10 heteroatoms. The lowest BCUT2D eigenvalue weighted by Crippen LogP contribution is -2.26. The molecule has 0 aliphatic heterocycles. The average Bonchev–Trinajstić information content (AvgIpc) is 2.77. The van der Waals surface area contributed by atoms with E-state index in [4.69, 9.17) is 18.5 Å². The van der Waals surface area contributed by atoms with Crippen LogP contribution in [-0.2, 0) is 30.2 Å². The van der Waals surface area contributed by atoms with Crippen LogP contribution < -0.4 is 9.47 Å². The summed E-state index contributed by atoms with van der Waals surface area (Å²) in [6, 6.07) is 15.3. The first-order chi connectivity index (χ1) is 14.8. The van der Waals surface area contributed by atoms with Crippen molar-refractivity contribution in [3.8, 4) is 23.2 Å². The Balaban J connectivity index is 2.47. The first-order valence-corrected chi connectivity index (χ1v) is 12.5. The van der Waals surface area contributed by atoms with E-state index in [1.807, 2.05) is 0 Å². The van der Waals surface area contributed by atoms with E-state index in [0.29, 0.717) is 17.1 Å². The molecule has 2 rings (SSSR count). The van der Waals surface area contributed by atoms with Gasteiger partial charge in [0.25, 0.3) is 10.0 Å². The zero-order chi connectivity index (χ0) is 22.9. The largest absolute Gasteiger partial charge is 0.497 e. The van der Waals surface area contributed by atoms with Gasteiger partial charge < -0.3 is 9.47 Å². The third-order valence-corrected chi connectivity index (χ3v) is 7.28. The third kappa shape index (κ3) is 6.74. The van der Waals surface area contributed by atoms with Crippen LogP contribution in [0.3, 0.4) is 0 Å². The molecule has 2 aromatic rings. The predicted molar refractivity (Wildman–Crippen MR) is 117 cm³/mol. The lowest BCUT2D eigenvalue weighted by molar-refractivity contribution is 0.230. The molecule has 0 saturated carbocycles. The van der Waals surface area contributed by atoms with E-state index in [0.717, 1.165) is 4.31 Å². The van der Waals surface area contributed by atoms with E-state index < -0.39 is 17.6 Å². The molecule has 0 atom stereocenters. The van der Waals surface area contributed by atoms with Crippen molar-refractivity contribution < 1.29 is 31.5 Å². The second-order valence-electron chi connectivity index (χ2n) is 6.09. The fourth-order valence-corrected chi connectivity index (χ4v) is 4.93. The quantitative estimate of drug-likeness (QED) is 0.295. The summed E-state index contributed by atoms with van der Waals surface area (Å²) < 4.78 is 60.7. The summed E-state index contributed by atoms with van der Waals surface area (Å²) >= 11 is 0. The number of ether oxygens (including phenoxy) is 2. The Kier molecular flexibility index (Phi) is 8.96. The summed E-state index contributed by atoms with van der Waals surface area (Å²) in [5.74, 6) is 1.15. The Morgan fingerprint density at radius 3 is 1.81 bits per heavy atom. The van der Waals surface area contributed by atoms with E-state index in [2.05, 4.69) is 11.7 Å². The molecule has 0 radical (unpaired) electrons. The van der Waals surface area contributed by atoms with Crippen LogP contribution in [0.4, 0.5) is 0 Å². The third-order valence-electron chi connectivity index (χ3n) is 4.04. The van der Waals surface area contributed by atoms with Gasteiger partial charge in [-0.2, -0.15) is 0 Å². The van der Waals surface area contributed by atoms with Crippen molar-refractivity contribution in [2.45, 2.75) is 25.3 Å². The summed E-state index contributed by atoms with van der Waals surface area (Å²) in [6.45, 7) is 3.43. The standard InChI is InChI=1S/C21H26NO7PS/c1-5-28-30(23,29-6-2)16-15-22(17-18-7-9-19(26-3)10-8-18)31(24,25)21-13-11-20(27-4)12-14-21/h7-14H,5-6,17H2,1-4H3. The van der Waals surface area contributed by atoms with Gasteiger partial charge in [-0.1, -0.05) is 12.1 Å². The van der Waals surface area contributed by atoms with Gasteiger partial charge in [-0.15, -0.1) is 0 Å². The molecule has 0 N–H and O–H groups in total. The predicted octanol–water partition coefficient (Wildman–Crippen LogP) is 4.08. The number of benzene rings is 2. The van der Waals surface area contributed by atoms with Gasteiger partial charge in [0.1, 0.15) is 11.5 Å². The Bertz CT molecular complexity index is 1050. The van der Waals surface area contributed by atoms with Crippen LogP contribution in [-0.4, -0.2) is 40.2 Å². The monoisotopic (exact) mass is 467 g/mol. The molecule has 0 saturated heterocycles. The minimum atomic E-state index is -4.05. The van der Waals surface area contributed by atoms with Gasteiger partial charge in [0.15, 0.2) is 0 Å². The highest BCUT2D eigenvalue weighted by molar-refractivity contribution is 7.89. The number of methoxy groups -OCH3 is 2. The molecule has 0 spiro atoms. The van der Waals surface area contributed by atoms with Gasteiger partial charge in [-0.05, 0) is 55.8 Å². The maximum absolute atomic E-state index is 13.3. The van der Waals surface area contributed by atoms with Crippen LogP contribution in [0.5, 0.6) is 11.5 Å².